The molecule has 0 aliphatic rings. The molecule has 15 heavy (non-hydrogen) atoms. The van der Waals surface area contributed by atoms with Crippen LogP contribution in [0.1, 0.15) is 12.5 Å². The normalized spacial score (nSPS) is 10.0. The van der Waals surface area contributed by atoms with Crippen molar-refractivity contribution in [1.29, 1.82) is 0 Å². The molecular formula is C11H15NO3. The molecule has 1 aromatic rings. The van der Waals surface area contributed by atoms with Gasteiger partial charge in [0.25, 0.3) is 0 Å². The van der Waals surface area contributed by atoms with Crippen LogP contribution in [0.4, 0.5) is 5.69 Å². The topological polar surface area (TPSA) is 58.6 Å². The van der Waals surface area contributed by atoms with Gasteiger partial charge in [-0.05, 0) is 37.6 Å². The molecule has 0 aliphatic heterocycles. The number of aromatic hydroxyl groups is 1. The Hall–Kier alpha value is -1.55. The number of carbonyl (C=O) groups is 1. The van der Waals surface area contributed by atoms with Crippen LogP contribution >= 0.6 is 0 Å². The molecule has 2 N–H and O–H groups in total. The number of phenolic OH excluding ortho intramolecular Hbond substituents is 1. The third kappa shape index (κ3) is 3.59. The van der Waals surface area contributed by atoms with Crippen LogP contribution in [0.15, 0.2) is 18.2 Å². The van der Waals surface area contributed by atoms with E-state index >= 15 is 0 Å². The molecule has 1 aromatic carbocycles. The number of amides is 1. The Morgan fingerprint density at radius 3 is 2.87 bits per heavy atom. The number of ether oxygens (including phenoxy) is 1. The Kier molecular flexibility index (Phi) is 4.12. The molecule has 4 heteroatoms. The van der Waals surface area contributed by atoms with Crippen molar-refractivity contribution in [2.75, 3.05) is 18.5 Å². The van der Waals surface area contributed by atoms with Gasteiger partial charge >= 0.3 is 0 Å². The van der Waals surface area contributed by atoms with Crippen LogP contribution < -0.4 is 5.32 Å². The van der Waals surface area contributed by atoms with Crippen LogP contribution in [0.5, 0.6) is 5.75 Å². The fourth-order valence-corrected chi connectivity index (χ4v) is 1.17. The molecule has 0 bridgehead atoms. The lowest BCUT2D eigenvalue weighted by molar-refractivity contribution is -0.120. The summed E-state index contributed by atoms with van der Waals surface area (Å²) in [5.74, 6) is 0.000877. The summed E-state index contributed by atoms with van der Waals surface area (Å²) in [4.78, 5) is 11.3. The van der Waals surface area contributed by atoms with Crippen molar-refractivity contribution in [2.45, 2.75) is 13.8 Å². The largest absolute Gasteiger partial charge is 0.508 e. The van der Waals surface area contributed by atoms with Gasteiger partial charge in [-0.3, -0.25) is 4.79 Å². The summed E-state index contributed by atoms with van der Waals surface area (Å²) in [6.45, 7) is 4.22. The van der Waals surface area contributed by atoms with Gasteiger partial charge in [-0.25, -0.2) is 0 Å². The first-order chi connectivity index (χ1) is 7.13. The molecule has 0 heterocycles. The van der Waals surface area contributed by atoms with Crippen LogP contribution in [0, 0.1) is 6.92 Å². The minimum Gasteiger partial charge on any atom is -0.508 e. The molecule has 0 spiro atoms. The molecule has 0 saturated carbocycles. The fourth-order valence-electron chi connectivity index (χ4n) is 1.17. The summed E-state index contributed by atoms with van der Waals surface area (Å²) >= 11 is 0. The lowest BCUT2D eigenvalue weighted by Crippen LogP contribution is -2.18. The van der Waals surface area contributed by atoms with Gasteiger partial charge < -0.3 is 15.2 Å². The minimum atomic E-state index is -0.189. The van der Waals surface area contributed by atoms with Gasteiger partial charge in [0.1, 0.15) is 12.4 Å². The zero-order chi connectivity index (χ0) is 11.3. The number of anilines is 1. The van der Waals surface area contributed by atoms with Gasteiger partial charge in [-0.15, -0.1) is 0 Å². The highest BCUT2D eigenvalue weighted by Gasteiger charge is 2.04. The summed E-state index contributed by atoms with van der Waals surface area (Å²) in [5.41, 5.74) is 1.51. The predicted octanol–water partition coefficient (Wildman–Crippen LogP) is 1.68. The average Bonchev–Trinajstić information content (AvgIpc) is 2.19. The molecule has 0 saturated heterocycles. The highest BCUT2D eigenvalue weighted by molar-refractivity contribution is 5.92. The molecule has 0 aromatic heterocycles. The molecule has 0 radical (unpaired) electrons. The zero-order valence-corrected chi connectivity index (χ0v) is 8.91. The van der Waals surface area contributed by atoms with Crippen molar-refractivity contribution in [3.8, 4) is 5.75 Å². The molecule has 1 amide bonds. The predicted molar refractivity (Wildman–Crippen MR) is 58.0 cm³/mol. The van der Waals surface area contributed by atoms with E-state index in [0.717, 1.165) is 5.56 Å². The van der Waals surface area contributed by atoms with E-state index in [0.29, 0.717) is 12.3 Å². The quantitative estimate of drug-likeness (QED) is 0.742. The molecular weight excluding hydrogens is 194 g/mol. The molecule has 0 unspecified atom stereocenters. The molecule has 1 rings (SSSR count). The standard InChI is InChI=1S/C11H15NO3/c1-3-15-7-11(14)12-10-5-4-9(13)6-8(10)2/h4-6,13H,3,7H2,1-2H3,(H,12,14). The lowest BCUT2D eigenvalue weighted by Gasteiger charge is -2.08. The van der Waals surface area contributed by atoms with Crippen molar-refractivity contribution < 1.29 is 14.6 Å². The number of phenols is 1. The second-order valence-corrected chi connectivity index (χ2v) is 3.18. The number of carbonyl (C=O) groups excluding carboxylic acids is 1. The summed E-state index contributed by atoms with van der Waals surface area (Å²) < 4.78 is 4.97. The number of hydrogen-bond acceptors (Lipinski definition) is 3. The van der Waals surface area contributed by atoms with Crippen molar-refractivity contribution in [1.82, 2.24) is 0 Å². The van der Waals surface area contributed by atoms with Crippen molar-refractivity contribution in [2.24, 2.45) is 0 Å². The highest BCUT2D eigenvalue weighted by Crippen LogP contribution is 2.19. The first-order valence-electron chi connectivity index (χ1n) is 4.80. The van der Waals surface area contributed by atoms with E-state index in [9.17, 15) is 9.90 Å². The number of nitrogens with one attached hydrogen (secondary N) is 1. The second kappa shape index (κ2) is 5.36. The van der Waals surface area contributed by atoms with Gasteiger partial charge in [0.15, 0.2) is 0 Å². The van der Waals surface area contributed by atoms with Crippen molar-refractivity contribution >= 4 is 11.6 Å². The Morgan fingerprint density at radius 1 is 1.53 bits per heavy atom. The van der Waals surface area contributed by atoms with E-state index in [2.05, 4.69) is 5.32 Å². The Bertz CT molecular complexity index is 350. The maximum Gasteiger partial charge on any atom is 0.250 e. The zero-order valence-electron chi connectivity index (χ0n) is 8.91. The van der Waals surface area contributed by atoms with Gasteiger partial charge in [0.2, 0.25) is 5.91 Å². The number of aryl methyl sites for hydroxylation is 1. The first kappa shape index (κ1) is 11.5. The van der Waals surface area contributed by atoms with Gasteiger partial charge in [0, 0.05) is 12.3 Å². The maximum atomic E-state index is 11.3. The minimum absolute atomic E-state index is 0.0524. The maximum absolute atomic E-state index is 11.3. The second-order valence-electron chi connectivity index (χ2n) is 3.18. The van der Waals surface area contributed by atoms with Crippen LogP contribution in [0.25, 0.3) is 0 Å². The van der Waals surface area contributed by atoms with E-state index in [1.807, 2.05) is 13.8 Å². The summed E-state index contributed by atoms with van der Waals surface area (Å²) in [6.07, 6.45) is 0. The summed E-state index contributed by atoms with van der Waals surface area (Å²) in [6, 6.07) is 4.79. The van der Waals surface area contributed by atoms with E-state index in [-0.39, 0.29) is 18.3 Å². The number of rotatable bonds is 4. The third-order valence-corrected chi connectivity index (χ3v) is 1.92. The third-order valence-electron chi connectivity index (χ3n) is 1.92. The molecule has 0 aliphatic carbocycles. The Balaban J connectivity index is 2.60. The van der Waals surface area contributed by atoms with Crippen molar-refractivity contribution in [3.63, 3.8) is 0 Å². The number of benzene rings is 1. The van der Waals surface area contributed by atoms with Gasteiger partial charge in [-0.2, -0.15) is 0 Å². The Labute approximate surface area is 88.9 Å². The smallest absolute Gasteiger partial charge is 0.250 e. The van der Waals surface area contributed by atoms with E-state index in [4.69, 9.17) is 4.74 Å². The number of hydrogen-bond donors (Lipinski definition) is 2. The first-order valence-corrected chi connectivity index (χ1v) is 4.80. The Morgan fingerprint density at radius 2 is 2.27 bits per heavy atom. The molecule has 0 fully saturated rings. The van der Waals surface area contributed by atoms with Crippen LogP contribution in [0.3, 0.4) is 0 Å². The monoisotopic (exact) mass is 209 g/mol. The van der Waals surface area contributed by atoms with Crippen LogP contribution in [-0.4, -0.2) is 24.2 Å². The van der Waals surface area contributed by atoms with E-state index in [1.165, 1.54) is 6.07 Å². The van der Waals surface area contributed by atoms with E-state index < -0.39 is 0 Å². The average molecular weight is 209 g/mol. The van der Waals surface area contributed by atoms with Crippen molar-refractivity contribution in [3.05, 3.63) is 23.8 Å². The lowest BCUT2D eigenvalue weighted by atomic mass is 10.2. The van der Waals surface area contributed by atoms with Gasteiger partial charge in [-0.1, -0.05) is 0 Å². The van der Waals surface area contributed by atoms with E-state index in [1.54, 1.807) is 12.1 Å². The van der Waals surface area contributed by atoms with Crippen LogP contribution in [0.2, 0.25) is 0 Å². The SMILES string of the molecule is CCOCC(=O)Nc1ccc(O)cc1C. The highest BCUT2D eigenvalue weighted by atomic mass is 16.5. The van der Waals surface area contributed by atoms with Crippen LogP contribution in [-0.2, 0) is 9.53 Å². The molecule has 4 nitrogen and oxygen atoms in total. The molecule has 82 valence electrons. The van der Waals surface area contributed by atoms with Gasteiger partial charge in [0.05, 0.1) is 0 Å². The molecule has 0 atom stereocenters. The fraction of sp³-hybridized carbons (Fsp3) is 0.364. The summed E-state index contributed by atoms with van der Waals surface area (Å²) in [5, 5.41) is 11.9. The summed E-state index contributed by atoms with van der Waals surface area (Å²) in [7, 11) is 0.